The van der Waals surface area contributed by atoms with Crippen LogP contribution in [0.4, 0.5) is 0 Å². The third-order valence-electron chi connectivity index (χ3n) is 5.81. The molecule has 3 aromatic rings. The van der Waals surface area contributed by atoms with Crippen LogP contribution in [0.2, 0.25) is 0 Å². The number of amides is 1. The molecule has 0 saturated carbocycles. The van der Waals surface area contributed by atoms with E-state index in [1.54, 1.807) is 24.3 Å². The number of ketones is 1. The monoisotopic (exact) mass is 416 g/mol. The van der Waals surface area contributed by atoms with Gasteiger partial charge in [-0.05, 0) is 56.1 Å². The Morgan fingerprint density at radius 2 is 1.61 bits per heavy atom. The molecule has 31 heavy (non-hydrogen) atoms. The van der Waals surface area contributed by atoms with Crippen molar-refractivity contribution in [2.75, 3.05) is 13.1 Å². The maximum absolute atomic E-state index is 12.6. The minimum Gasteiger partial charge on any atom is -0.451 e. The second kappa shape index (κ2) is 9.75. The molecular formula is C26H28N2O3. The van der Waals surface area contributed by atoms with Gasteiger partial charge in [-0.3, -0.25) is 14.5 Å². The number of nitrogens with one attached hydrogen (secondary N) is 1. The van der Waals surface area contributed by atoms with E-state index in [4.69, 9.17) is 4.42 Å². The van der Waals surface area contributed by atoms with Crippen molar-refractivity contribution in [3.8, 4) is 11.3 Å². The Balaban J connectivity index is 1.39. The maximum Gasteiger partial charge on any atom is 0.287 e. The highest BCUT2D eigenvalue weighted by atomic mass is 16.3. The van der Waals surface area contributed by atoms with E-state index in [1.165, 1.54) is 31.7 Å². The highest BCUT2D eigenvalue weighted by Crippen LogP contribution is 2.23. The van der Waals surface area contributed by atoms with Crippen LogP contribution in [0.25, 0.3) is 11.3 Å². The summed E-state index contributed by atoms with van der Waals surface area (Å²) >= 11 is 0. The number of nitrogens with zero attached hydrogens (tertiary/aromatic N) is 1. The summed E-state index contributed by atoms with van der Waals surface area (Å²) in [5.74, 6) is 0.663. The first-order chi connectivity index (χ1) is 15.1. The molecule has 5 nitrogen and oxygen atoms in total. The summed E-state index contributed by atoms with van der Waals surface area (Å²) in [7, 11) is 0. The van der Waals surface area contributed by atoms with Gasteiger partial charge in [-0.1, -0.05) is 55.0 Å². The smallest absolute Gasteiger partial charge is 0.287 e. The summed E-state index contributed by atoms with van der Waals surface area (Å²) in [5.41, 5.74) is 3.87. The predicted molar refractivity (Wildman–Crippen MR) is 121 cm³/mol. The molecule has 2 aromatic carbocycles. The molecule has 1 amide bonds. The van der Waals surface area contributed by atoms with Gasteiger partial charge >= 0.3 is 0 Å². The van der Waals surface area contributed by atoms with Crippen LogP contribution in [0.15, 0.2) is 65.1 Å². The third kappa shape index (κ3) is 5.30. The molecule has 1 aliphatic heterocycles. The molecule has 1 fully saturated rings. The Labute approximate surface area is 183 Å². The second-order valence-corrected chi connectivity index (χ2v) is 8.09. The van der Waals surface area contributed by atoms with E-state index in [9.17, 15) is 9.59 Å². The van der Waals surface area contributed by atoms with Gasteiger partial charge in [0.05, 0.1) is 0 Å². The average molecular weight is 417 g/mol. The Hall–Kier alpha value is -3.18. The number of Topliss-reactive ketones (excluding diaryl/α,β-unsaturated/α-hetero) is 1. The van der Waals surface area contributed by atoms with Gasteiger partial charge in [0.25, 0.3) is 5.91 Å². The van der Waals surface area contributed by atoms with Gasteiger partial charge in [0.1, 0.15) is 5.76 Å². The van der Waals surface area contributed by atoms with Crippen molar-refractivity contribution in [3.05, 3.63) is 83.1 Å². The molecule has 0 bridgehead atoms. The van der Waals surface area contributed by atoms with Gasteiger partial charge in [0.2, 0.25) is 0 Å². The van der Waals surface area contributed by atoms with Crippen LogP contribution in [-0.4, -0.2) is 29.7 Å². The van der Waals surface area contributed by atoms with Gasteiger partial charge in [0.15, 0.2) is 11.5 Å². The number of hydrogen-bond donors (Lipinski definition) is 1. The molecule has 1 saturated heterocycles. The lowest BCUT2D eigenvalue weighted by Crippen LogP contribution is -2.30. The van der Waals surface area contributed by atoms with E-state index in [0.717, 1.165) is 30.8 Å². The average Bonchev–Trinajstić information content (AvgIpc) is 3.29. The van der Waals surface area contributed by atoms with Crippen LogP contribution >= 0.6 is 0 Å². The van der Waals surface area contributed by atoms with Crippen LogP contribution in [0.3, 0.4) is 0 Å². The van der Waals surface area contributed by atoms with Crippen molar-refractivity contribution in [1.82, 2.24) is 10.2 Å². The van der Waals surface area contributed by atoms with Crippen LogP contribution in [-0.2, 0) is 13.1 Å². The zero-order chi connectivity index (χ0) is 21.6. The van der Waals surface area contributed by atoms with Crippen molar-refractivity contribution in [1.29, 1.82) is 0 Å². The predicted octanol–water partition coefficient (Wildman–Crippen LogP) is 5.07. The normalized spacial score (nSPS) is 14.4. The van der Waals surface area contributed by atoms with E-state index < -0.39 is 0 Å². The van der Waals surface area contributed by atoms with Crippen molar-refractivity contribution < 1.29 is 14.0 Å². The van der Waals surface area contributed by atoms with Crippen LogP contribution < -0.4 is 5.32 Å². The largest absolute Gasteiger partial charge is 0.451 e. The highest BCUT2D eigenvalue weighted by molar-refractivity contribution is 5.94. The summed E-state index contributed by atoms with van der Waals surface area (Å²) in [6.07, 6.45) is 3.84. The maximum atomic E-state index is 12.6. The lowest BCUT2D eigenvalue weighted by Gasteiger charge is -2.27. The van der Waals surface area contributed by atoms with Gasteiger partial charge < -0.3 is 9.73 Å². The van der Waals surface area contributed by atoms with Crippen molar-refractivity contribution in [2.24, 2.45) is 0 Å². The standard InChI is InChI=1S/C26H28N2O3/c1-19(29)20-9-11-21(12-10-20)24-13-14-25(31-24)26(30)27-17-22-7-3-4-8-23(22)18-28-15-5-2-6-16-28/h3-4,7-14H,2,5-6,15-18H2,1H3,(H,27,30). The number of carbonyl (C=O) groups is 2. The van der Waals surface area contributed by atoms with Crippen molar-refractivity contribution >= 4 is 11.7 Å². The summed E-state index contributed by atoms with van der Waals surface area (Å²) in [6, 6.07) is 18.9. The van der Waals surface area contributed by atoms with Crippen molar-refractivity contribution in [3.63, 3.8) is 0 Å². The van der Waals surface area contributed by atoms with Gasteiger partial charge in [-0.15, -0.1) is 0 Å². The van der Waals surface area contributed by atoms with Gasteiger partial charge in [-0.25, -0.2) is 0 Å². The minimum absolute atomic E-state index is 0.0200. The zero-order valence-corrected chi connectivity index (χ0v) is 17.9. The van der Waals surface area contributed by atoms with E-state index in [2.05, 4.69) is 28.4 Å². The molecule has 2 heterocycles. The molecule has 5 heteroatoms. The zero-order valence-electron chi connectivity index (χ0n) is 17.9. The summed E-state index contributed by atoms with van der Waals surface area (Å²) < 4.78 is 5.77. The topological polar surface area (TPSA) is 62.6 Å². The molecule has 0 aliphatic carbocycles. The molecule has 1 aliphatic rings. The Kier molecular flexibility index (Phi) is 6.63. The highest BCUT2D eigenvalue weighted by Gasteiger charge is 2.15. The van der Waals surface area contributed by atoms with E-state index >= 15 is 0 Å². The number of hydrogen-bond acceptors (Lipinski definition) is 4. The lowest BCUT2D eigenvalue weighted by molar-refractivity contribution is 0.0923. The molecule has 0 unspecified atom stereocenters. The minimum atomic E-state index is -0.237. The van der Waals surface area contributed by atoms with E-state index in [0.29, 0.717) is 17.9 Å². The number of likely N-dealkylation sites (tertiary alicyclic amines) is 1. The van der Waals surface area contributed by atoms with Gasteiger partial charge in [-0.2, -0.15) is 0 Å². The molecule has 1 N–H and O–H groups in total. The Morgan fingerprint density at radius 1 is 0.903 bits per heavy atom. The first kappa shape index (κ1) is 21.1. The fourth-order valence-electron chi connectivity index (χ4n) is 3.99. The molecule has 160 valence electrons. The fourth-order valence-corrected chi connectivity index (χ4v) is 3.99. The lowest BCUT2D eigenvalue weighted by atomic mass is 10.0. The fraction of sp³-hybridized carbons (Fsp3) is 0.308. The van der Waals surface area contributed by atoms with Gasteiger partial charge in [0, 0.05) is 24.2 Å². The number of piperidine rings is 1. The molecule has 0 atom stereocenters. The Morgan fingerprint density at radius 3 is 2.32 bits per heavy atom. The molecule has 1 aromatic heterocycles. The molecule has 0 radical (unpaired) electrons. The van der Waals surface area contributed by atoms with E-state index in [1.807, 2.05) is 18.2 Å². The summed E-state index contributed by atoms with van der Waals surface area (Å²) in [6.45, 7) is 5.21. The number of benzene rings is 2. The molecule has 0 spiro atoms. The molecular weight excluding hydrogens is 388 g/mol. The van der Waals surface area contributed by atoms with E-state index in [-0.39, 0.29) is 17.5 Å². The summed E-state index contributed by atoms with van der Waals surface area (Å²) in [5, 5.41) is 2.99. The van der Waals surface area contributed by atoms with Crippen LogP contribution in [0, 0.1) is 0 Å². The molecule has 4 rings (SSSR count). The first-order valence-corrected chi connectivity index (χ1v) is 10.9. The third-order valence-corrected chi connectivity index (χ3v) is 5.81. The number of carbonyl (C=O) groups excluding carboxylic acids is 2. The SMILES string of the molecule is CC(=O)c1ccc(-c2ccc(C(=O)NCc3ccccc3CN3CCCCC3)o2)cc1. The van der Waals surface area contributed by atoms with Crippen molar-refractivity contribution in [2.45, 2.75) is 39.3 Å². The summed E-state index contributed by atoms with van der Waals surface area (Å²) in [4.78, 5) is 26.6. The second-order valence-electron chi connectivity index (χ2n) is 8.09. The van der Waals surface area contributed by atoms with Crippen LogP contribution in [0.1, 0.15) is 58.2 Å². The first-order valence-electron chi connectivity index (χ1n) is 10.9. The van der Waals surface area contributed by atoms with Crippen LogP contribution in [0.5, 0.6) is 0 Å². The number of furan rings is 1. The quantitative estimate of drug-likeness (QED) is 0.547. The Bertz CT molecular complexity index is 1050. The number of rotatable bonds is 7.